The minimum atomic E-state index is -0.232. The van der Waals surface area contributed by atoms with Crippen LogP contribution in [0.3, 0.4) is 0 Å². The summed E-state index contributed by atoms with van der Waals surface area (Å²) in [7, 11) is 0. The zero-order valence-electron chi connectivity index (χ0n) is 14.5. The van der Waals surface area contributed by atoms with Gasteiger partial charge in [-0.05, 0) is 54.7 Å². The number of hydrogen-bond acceptors (Lipinski definition) is 2. The van der Waals surface area contributed by atoms with Crippen LogP contribution in [0.15, 0.2) is 54.7 Å². The summed E-state index contributed by atoms with van der Waals surface area (Å²) in [6.45, 7) is 1.51. The predicted octanol–water partition coefficient (Wildman–Crippen LogP) is 4.09. The van der Waals surface area contributed by atoms with Crippen molar-refractivity contribution in [3.05, 3.63) is 66.1 Å². The number of hydrogen-bond donors (Lipinski definition) is 1. The summed E-state index contributed by atoms with van der Waals surface area (Å²) in [6, 6.07) is 14.2. The average molecular weight is 352 g/mol. The molecule has 1 fully saturated rings. The molecule has 0 radical (unpaired) electrons. The highest BCUT2D eigenvalue weighted by atomic mass is 19.1. The number of nitrogens with one attached hydrogen (secondary N) is 1. The Morgan fingerprint density at radius 1 is 1.15 bits per heavy atom. The first kappa shape index (κ1) is 16.6. The number of fused-ring (bicyclic) bond motifs is 1. The second-order valence-corrected chi connectivity index (χ2v) is 6.69. The van der Waals surface area contributed by atoms with Crippen molar-refractivity contribution in [1.29, 1.82) is 0 Å². The zero-order chi connectivity index (χ0) is 17.9. The van der Waals surface area contributed by atoms with E-state index in [1.165, 1.54) is 17.7 Å². The van der Waals surface area contributed by atoms with Crippen molar-refractivity contribution in [3.63, 3.8) is 0 Å². The van der Waals surface area contributed by atoms with Gasteiger partial charge in [-0.25, -0.2) is 4.39 Å². The number of aromatic amines is 1. The van der Waals surface area contributed by atoms with E-state index in [2.05, 4.69) is 4.98 Å². The maximum atomic E-state index is 13.3. The van der Waals surface area contributed by atoms with Crippen molar-refractivity contribution in [2.24, 2.45) is 0 Å². The molecule has 1 N–H and O–H groups in total. The zero-order valence-corrected chi connectivity index (χ0v) is 14.5. The highest BCUT2D eigenvalue weighted by molar-refractivity contribution is 5.84. The number of para-hydroxylation sites is 1. The van der Waals surface area contributed by atoms with Crippen LogP contribution in [-0.4, -0.2) is 35.5 Å². The minimum Gasteiger partial charge on any atom is -0.484 e. The lowest BCUT2D eigenvalue weighted by Gasteiger charge is -2.32. The number of halogens is 1. The van der Waals surface area contributed by atoms with E-state index in [0.29, 0.717) is 11.7 Å². The number of piperidine rings is 1. The van der Waals surface area contributed by atoms with Gasteiger partial charge in [-0.2, -0.15) is 0 Å². The highest BCUT2D eigenvalue weighted by Gasteiger charge is 2.25. The third-order valence-electron chi connectivity index (χ3n) is 5.07. The second kappa shape index (κ2) is 7.20. The fourth-order valence-corrected chi connectivity index (χ4v) is 3.65. The third kappa shape index (κ3) is 3.43. The van der Waals surface area contributed by atoms with Crippen LogP contribution in [0.1, 0.15) is 24.3 Å². The van der Waals surface area contributed by atoms with Crippen LogP contribution >= 0.6 is 0 Å². The summed E-state index contributed by atoms with van der Waals surface area (Å²) in [5.41, 5.74) is 2.04. The van der Waals surface area contributed by atoms with Crippen molar-refractivity contribution in [2.75, 3.05) is 19.7 Å². The van der Waals surface area contributed by atoms with Gasteiger partial charge in [0, 0.05) is 30.2 Å². The van der Waals surface area contributed by atoms with Gasteiger partial charge in [0.15, 0.2) is 6.61 Å². The first-order valence-electron chi connectivity index (χ1n) is 8.93. The summed E-state index contributed by atoms with van der Waals surface area (Å²) in [5.74, 6) is 0.882. The number of rotatable bonds is 4. The van der Waals surface area contributed by atoms with Gasteiger partial charge >= 0.3 is 0 Å². The average Bonchev–Trinajstić information content (AvgIpc) is 3.10. The van der Waals surface area contributed by atoms with Crippen molar-refractivity contribution < 1.29 is 13.9 Å². The summed E-state index contributed by atoms with van der Waals surface area (Å²) in [5, 5.41) is 1.07. The lowest BCUT2D eigenvalue weighted by atomic mass is 9.89. The third-order valence-corrected chi connectivity index (χ3v) is 5.07. The van der Waals surface area contributed by atoms with E-state index in [-0.39, 0.29) is 18.3 Å². The molecule has 4 nitrogen and oxygen atoms in total. The molecule has 0 aliphatic carbocycles. The molecule has 0 saturated carbocycles. The first-order chi connectivity index (χ1) is 12.7. The first-order valence-corrected chi connectivity index (χ1v) is 8.93. The van der Waals surface area contributed by atoms with Crippen LogP contribution in [0.25, 0.3) is 10.9 Å². The fraction of sp³-hybridized carbons (Fsp3) is 0.286. The topological polar surface area (TPSA) is 45.3 Å². The lowest BCUT2D eigenvalue weighted by Crippen LogP contribution is -2.40. The van der Waals surface area contributed by atoms with Gasteiger partial charge in [-0.15, -0.1) is 0 Å². The van der Waals surface area contributed by atoms with Crippen LogP contribution in [0.4, 0.5) is 4.39 Å². The van der Waals surface area contributed by atoms with Crippen molar-refractivity contribution in [3.8, 4) is 5.75 Å². The van der Waals surface area contributed by atoms with E-state index in [9.17, 15) is 9.18 Å². The van der Waals surface area contributed by atoms with Crippen LogP contribution in [0.5, 0.6) is 5.75 Å². The largest absolute Gasteiger partial charge is 0.484 e. The van der Waals surface area contributed by atoms with E-state index < -0.39 is 0 Å². The molecule has 5 heteroatoms. The molecular weight excluding hydrogens is 331 g/mol. The highest BCUT2D eigenvalue weighted by Crippen LogP contribution is 2.33. The van der Waals surface area contributed by atoms with Crippen molar-refractivity contribution in [1.82, 2.24) is 9.88 Å². The van der Waals surface area contributed by atoms with Gasteiger partial charge in [-0.3, -0.25) is 4.79 Å². The molecule has 1 aliphatic rings. The van der Waals surface area contributed by atoms with E-state index in [4.69, 9.17) is 4.74 Å². The Balaban J connectivity index is 1.35. The number of amides is 1. The maximum Gasteiger partial charge on any atom is 0.260 e. The number of carbonyl (C=O) groups is 1. The van der Waals surface area contributed by atoms with Crippen LogP contribution < -0.4 is 4.74 Å². The standard InChI is InChI=1S/C21H21FN2O2/c22-16-6-7-18-19(13-23-20(18)12-16)15-8-10-24(11-9-15)21(25)14-26-17-4-2-1-3-5-17/h1-7,12-13,15,23H,8-11,14H2. The predicted molar refractivity (Wildman–Crippen MR) is 98.7 cm³/mol. The van der Waals surface area contributed by atoms with Gasteiger partial charge in [0.1, 0.15) is 11.6 Å². The molecule has 134 valence electrons. The molecule has 0 unspecified atom stereocenters. The van der Waals surface area contributed by atoms with Gasteiger partial charge in [0.2, 0.25) is 0 Å². The van der Waals surface area contributed by atoms with Crippen molar-refractivity contribution in [2.45, 2.75) is 18.8 Å². The molecular formula is C21H21FN2O2. The van der Waals surface area contributed by atoms with Crippen LogP contribution in [-0.2, 0) is 4.79 Å². The molecule has 2 heterocycles. The molecule has 0 atom stereocenters. The number of likely N-dealkylation sites (tertiary alicyclic amines) is 1. The number of ether oxygens (including phenoxy) is 1. The SMILES string of the molecule is O=C(COc1ccccc1)N1CCC(c2c[nH]c3cc(F)ccc23)CC1. The van der Waals surface area contributed by atoms with Gasteiger partial charge in [0.25, 0.3) is 5.91 Å². The summed E-state index contributed by atoms with van der Waals surface area (Å²) < 4.78 is 18.9. The van der Waals surface area contributed by atoms with Crippen LogP contribution in [0, 0.1) is 5.82 Å². The number of carbonyl (C=O) groups excluding carboxylic acids is 1. The normalized spacial score (nSPS) is 15.3. The smallest absolute Gasteiger partial charge is 0.260 e. The Bertz CT molecular complexity index is 899. The monoisotopic (exact) mass is 352 g/mol. The van der Waals surface area contributed by atoms with Crippen LogP contribution in [0.2, 0.25) is 0 Å². The lowest BCUT2D eigenvalue weighted by molar-refractivity contribution is -0.134. The molecule has 0 spiro atoms. The fourth-order valence-electron chi connectivity index (χ4n) is 3.65. The Kier molecular flexibility index (Phi) is 4.61. The maximum absolute atomic E-state index is 13.3. The van der Waals surface area contributed by atoms with E-state index in [1.807, 2.05) is 47.5 Å². The Hall–Kier alpha value is -2.82. The summed E-state index contributed by atoms with van der Waals surface area (Å²) >= 11 is 0. The molecule has 1 amide bonds. The molecule has 1 aliphatic heterocycles. The minimum absolute atomic E-state index is 0.0216. The molecule has 2 aromatic carbocycles. The summed E-state index contributed by atoms with van der Waals surface area (Å²) in [4.78, 5) is 17.4. The number of H-pyrrole nitrogens is 1. The second-order valence-electron chi connectivity index (χ2n) is 6.69. The number of aromatic nitrogens is 1. The van der Waals surface area contributed by atoms with Gasteiger partial charge < -0.3 is 14.6 Å². The Morgan fingerprint density at radius 2 is 1.92 bits per heavy atom. The molecule has 0 bridgehead atoms. The number of benzene rings is 2. The Morgan fingerprint density at radius 3 is 2.69 bits per heavy atom. The molecule has 1 saturated heterocycles. The summed E-state index contributed by atoms with van der Waals surface area (Å²) in [6.07, 6.45) is 3.79. The van der Waals surface area contributed by atoms with Crippen molar-refractivity contribution >= 4 is 16.8 Å². The van der Waals surface area contributed by atoms with Gasteiger partial charge in [-0.1, -0.05) is 18.2 Å². The molecule has 4 rings (SSSR count). The molecule has 3 aromatic rings. The van der Waals surface area contributed by atoms with E-state index in [0.717, 1.165) is 36.8 Å². The molecule has 26 heavy (non-hydrogen) atoms. The number of nitrogens with zero attached hydrogens (tertiary/aromatic N) is 1. The molecule has 1 aromatic heterocycles. The Labute approximate surface area is 151 Å². The van der Waals surface area contributed by atoms with Gasteiger partial charge in [0.05, 0.1) is 0 Å². The van der Waals surface area contributed by atoms with E-state index in [1.54, 1.807) is 0 Å². The van der Waals surface area contributed by atoms with E-state index >= 15 is 0 Å². The quantitative estimate of drug-likeness (QED) is 0.769.